The summed E-state index contributed by atoms with van der Waals surface area (Å²) in [5.74, 6) is 1.30. The number of carbonyl (C=O) groups is 1. The number of amides is 1. The normalized spacial score (nSPS) is 24.7. The number of aromatic nitrogens is 3. The molecule has 0 aliphatic carbocycles. The van der Waals surface area contributed by atoms with E-state index in [9.17, 15) is 4.79 Å². The first-order valence-corrected chi connectivity index (χ1v) is 11.1. The maximum absolute atomic E-state index is 13.2. The average molecular weight is 420 g/mol. The average Bonchev–Trinajstić information content (AvgIpc) is 3.39. The molecule has 0 unspecified atom stereocenters. The third-order valence-corrected chi connectivity index (χ3v) is 6.27. The lowest BCUT2D eigenvalue weighted by molar-refractivity contribution is -0.0586. The Balaban J connectivity index is 1.34. The molecule has 0 saturated carbocycles. The number of hydrogen-bond donors (Lipinski definition) is 0. The van der Waals surface area contributed by atoms with Gasteiger partial charge in [0.15, 0.2) is 5.65 Å². The van der Waals surface area contributed by atoms with Gasteiger partial charge in [0.1, 0.15) is 5.82 Å². The summed E-state index contributed by atoms with van der Waals surface area (Å²) in [4.78, 5) is 17.5. The molecule has 31 heavy (non-hydrogen) atoms. The predicted octanol–water partition coefficient (Wildman–Crippen LogP) is 2.97. The zero-order valence-electron chi connectivity index (χ0n) is 18.1. The molecule has 2 fully saturated rings. The number of morpholine rings is 1. The summed E-state index contributed by atoms with van der Waals surface area (Å²) >= 11 is 0. The lowest BCUT2D eigenvalue weighted by atomic mass is 10.1. The van der Waals surface area contributed by atoms with Crippen molar-refractivity contribution in [2.24, 2.45) is 0 Å². The molecule has 2 aromatic heterocycles. The first kappa shape index (κ1) is 20.2. The maximum Gasteiger partial charge on any atom is 0.255 e. The Morgan fingerprint density at radius 2 is 1.81 bits per heavy atom. The van der Waals surface area contributed by atoms with Crippen molar-refractivity contribution in [3.63, 3.8) is 0 Å². The Labute approximate surface area is 182 Å². The molecule has 162 valence electrons. The molecule has 7 nitrogen and oxygen atoms in total. The van der Waals surface area contributed by atoms with Gasteiger partial charge in [-0.1, -0.05) is 30.3 Å². The summed E-state index contributed by atoms with van der Waals surface area (Å²) in [5.41, 5.74) is 2.79. The first-order chi connectivity index (χ1) is 15.1. The second-order valence-corrected chi connectivity index (χ2v) is 8.88. The van der Waals surface area contributed by atoms with Gasteiger partial charge in [-0.2, -0.15) is 0 Å². The molecule has 0 bridgehead atoms. The van der Waals surface area contributed by atoms with Gasteiger partial charge in [0.2, 0.25) is 0 Å². The van der Waals surface area contributed by atoms with Gasteiger partial charge in [0, 0.05) is 38.3 Å². The van der Waals surface area contributed by atoms with E-state index in [-0.39, 0.29) is 18.1 Å². The van der Waals surface area contributed by atoms with Crippen molar-refractivity contribution >= 4 is 11.6 Å². The van der Waals surface area contributed by atoms with Gasteiger partial charge in [-0.25, -0.2) is 0 Å². The van der Waals surface area contributed by atoms with Crippen LogP contribution in [-0.2, 0) is 11.3 Å². The number of nitrogens with zero attached hydrogens (tertiary/aromatic N) is 5. The smallest absolute Gasteiger partial charge is 0.255 e. The molecule has 3 atom stereocenters. The summed E-state index contributed by atoms with van der Waals surface area (Å²) in [5, 5.41) is 8.86. The Morgan fingerprint density at radius 1 is 1.03 bits per heavy atom. The van der Waals surface area contributed by atoms with E-state index >= 15 is 0 Å². The van der Waals surface area contributed by atoms with Crippen LogP contribution < -0.4 is 0 Å². The number of rotatable bonds is 4. The molecule has 2 aliphatic heterocycles. The molecule has 5 rings (SSSR count). The van der Waals surface area contributed by atoms with Crippen molar-refractivity contribution in [1.29, 1.82) is 0 Å². The van der Waals surface area contributed by atoms with Gasteiger partial charge in [-0.15, -0.1) is 10.2 Å². The quantitative estimate of drug-likeness (QED) is 0.651. The fourth-order valence-electron chi connectivity index (χ4n) is 4.87. The van der Waals surface area contributed by atoms with E-state index in [0.29, 0.717) is 24.6 Å². The fraction of sp³-hybridized carbons (Fsp3) is 0.458. The number of hydrogen-bond acceptors (Lipinski definition) is 5. The Morgan fingerprint density at radius 3 is 2.58 bits per heavy atom. The van der Waals surface area contributed by atoms with Gasteiger partial charge < -0.3 is 9.64 Å². The molecule has 2 saturated heterocycles. The minimum absolute atomic E-state index is 0.0423. The predicted molar refractivity (Wildman–Crippen MR) is 118 cm³/mol. The molecule has 2 aliphatic rings. The molecule has 1 aromatic carbocycles. The summed E-state index contributed by atoms with van der Waals surface area (Å²) in [6.45, 7) is 8.20. The topological polar surface area (TPSA) is 63.0 Å². The van der Waals surface area contributed by atoms with E-state index in [1.807, 2.05) is 41.5 Å². The minimum Gasteiger partial charge on any atom is -0.372 e. The van der Waals surface area contributed by atoms with Gasteiger partial charge >= 0.3 is 0 Å². The van der Waals surface area contributed by atoms with E-state index in [0.717, 1.165) is 37.5 Å². The van der Waals surface area contributed by atoms with Crippen LogP contribution in [0.2, 0.25) is 0 Å². The molecule has 1 amide bonds. The van der Waals surface area contributed by atoms with Crippen LogP contribution in [-0.4, -0.2) is 68.7 Å². The molecule has 4 heterocycles. The van der Waals surface area contributed by atoms with Crippen LogP contribution in [0.4, 0.5) is 0 Å². The van der Waals surface area contributed by atoms with Gasteiger partial charge in [0.05, 0.1) is 17.8 Å². The second-order valence-electron chi connectivity index (χ2n) is 8.88. The number of ether oxygens (including phenoxy) is 1. The lowest BCUT2D eigenvalue weighted by Gasteiger charge is -2.35. The highest BCUT2D eigenvalue weighted by atomic mass is 16.5. The van der Waals surface area contributed by atoms with Gasteiger partial charge in [-0.05, 0) is 44.5 Å². The standard InChI is InChI=1S/C24H29N5O2/c1-17-12-28(13-18(2)31-17)24(30)21-8-9-22-25-26-23(29(22)16-21)20-10-11-27(15-20)14-19-6-4-3-5-7-19/h3-9,16-18,20H,10-15H2,1-2H3/t17-,18+,20-/m1/s1. The van der Waals surface area contributed by atoms with Gasteiger partial charge in [-0.3, -0.25) is 14.1 Å². The van der Waals surface area contributed by atoms with Crippen LogP contribution in [0.3, 0.4) is 0 Å². The summed E-state index contributed by atoms with van der Waals surface area (Å²) in [6.07, 6.45) is 3.06. The zero-order valence-corrected chi connectivity index (χ0v) is 18.1. The van der Waals surface area contributed by atoms with E-state index < -0.39 is 0 Å². The van der Waals surface area contributed by atoms with Crippen LogP contribution in [0.15, 0.2) is 48.7 Å². The van der Waals surface area contributed by atoms with Crippen LogP contribution in [0.25, 0.3) is 5.65 Å². The molecule has 7 heteroatoms. The fourth-order valence-corrected chi connectivity index (χ4v) is 4.87. The molecular weight excluding hydrogens is 390 g/mol. The largest absolute Gasteiger partial charge is 0.372 e. The maximum atomic E-state index is 13.2. The molecule has 3 aromatic rings. The zero-order chi connectivity index (χ0) is 21.4. The Hall–Kier alpha value is -2.77. The highest BCUT2D eigenvalue weighted by molar-refractivity contribution is 5.94. The SMILES string of the molecule is C[C@@H]1CN(C(=O)c2ccc3nnc([C@@H]4CCN(Cc5ccccc5)C4)n3c2)C[C@H](C)O1. The summed E-state index contributed by atoms with van der Waals surface area (Å²) in [6, 6.07) is 14.3. The Bertz CT molecular complexity index is 1060. The lowest BCUT2D eigenvalue weighted by Crippen LogP contribution is -2.48. The second kappa shape index (κ2) is 8.40. The van der Waals surface area contributed by atoms with E-state index in [2.05, 4.69) is 45.4 Å². The van der Waals surface area contributed by atoms with Crippen LogP contribution in [0.1, 0.15) is 47.9 Å². The summed E-state index contributed by atoms with van der Waals surface area (Å²) < 4.78 is 7.79. The van der Waals surface area contributed by atoms with Crippen molar-refractivity contribution in [3.8, 4) is 0 Å². The third-order valence-electron chi connectivity index (χ3n) is 6.27. The van der Waals surface area contributed by atoms with Crippen molar-refractivity contribution in [2.75, 3.05) is 26.2 Å². The van der Waals surface area contributed by atoms with E-state index in [1.54, 1.807) is 0 Å². The number of fused-ring (bicyclic) bond motifs is 1. The molecule has 0 N–H and O–H groups in total. The van der Waals surface area contributed by atoms with Crippen molar-refractivity contribution in [1.82, 2.24) is 24.4 Å². The van der Waals surface area contributed by atoms with Crippen molar-refractivity contribution in [3.05, 3.63) is 65.6 Å². The molecular formula is C24H29N5O2. The number of carbonyl (C=O) groups excluding carboxylic acids is 1. The van der Waals surface area contributed by atoms with E-state index in [1.165, 1.54) is 5.56 Å². The monoisotopic (exact) mass is 419 g/mol. The molecule has 0 radical (unpaired) electrons. The third kappa shape index (κ3) is 4.20. The van der Waals surface area contributed by atoms with Crippen LogP contribution >= 0.6 is 0 Å². The number of likely N-dealkylation sites (tertiary alicyclic amines) is 1. The van der Waals surface area contributed by atoms with E-state index in [4.69, 9.17) is 4.74 Å². The van der Waals surface area contributed by atoms with Crippen LogP contribution in [0.5, 0.6) is 0 Å². The van der Waals surface area contributed by atoms with Crippen molar-refractivity contribution < 1.29 is 9.53 Å². The van der Waals surface area contributed by atoms with Crippen LogP contribution in [0, 0.1) is 0 Å². The highest BCUT2D eigenvalue weighted by Crippen LogP contribution is 2.28. The van der Waals surface area contributed by atoms with Crippen molar-refractivity contribution in [2.45, 2.75) is 44.9 Å². The minimum atomic E-state index is 0.0423. The first-order valence-electron chi connectivity index (χ1n) is 11.1. The van der Waals surface area contributed by atoms with Gasteiger partial charge in [0.25, 0.3) is 5.91 Å². The number of pyridine rings is 1. The molecule has 0 spiro atoms. The summed E-state index contributed by atoms with van der Waals surface area (Å²) in [7, 11) is 0. The Kier molecular flexibility index (Phi) is 5.46. The number of benzene rings is 1. The highest BCUT2D eigenvalue weighted by Gasteiger charge is 2.29.